The minimum absolute atomic E-state index is 0.0502. The van der Waals surface area contributed by atoms with Crippen LogP contribution in [0.5, 0.6) is 11.5 Å². The molecule has 1 aromatic carbocycles. The van der Waals surface area contributed by atoms with E-state index in [1.165, 1.54) is 0 Å². The third-order valence-electron chi connectivity index (χ3n) is 5.32. The van der Waals surface area contributed by atoms with Crippen LogP contribution in [0.25, 0.3) is 0 Å². The summed E-state index contributed by atoms with van der Waals surface area (Å²) in [6, 6.07) is 5.42. The van der Waals surface area contributed by atoms with Crippen molar-refractivity contribution in [2.45, 2.75) is 39.7 Å². The summed E-state index contributed by atoms with van der Waals surface area (Å²) in [6.45, 7) is 9.23. The topological polar surface area (TPSA) is 80.9 Å². The quantitative estimate of drug-likeness (QED) is 0.686. The Hall–Kier alpha value is -2.61. The molecule has 0 N–H and O–H groups in total. The summed E-state index contributed by atoms with van der Waals surface area (Å²) in [5.41, 5.74) is 0.815. The van der Waals surface area contributed by atoms with Crippen LogP contribution in [0.15, 0.2) is 22.7 Å². The second-order valence-corrected chi connectivity index (χ2v) is 8.13. The Morgan fingerprint density at radius 3 is 2.70 bits per heavy atom. The van der Waals surface area contributed by atoms with Crippen molar-refractivity contribution in [3.63, 3.8) is 0 Å². The summed E-state index contributed by atoms with van der Waals surface area (Å²) < 4.78 is 16.3. The van der Waals surface area contributed by atoms with Crippen molar-refractivity contribution < 1.29 is 18.8 Å². The number of carbonyl (C=O) groups excluding carboxylic acids is 1. The van der Waals surface area contributed by atoms with Gasteiger partial charge in [-0.25, -0.2) is 0 Å². The molecule has 1 unspecified atom stereocenters. The first-order valence-corrected chi connectivity index (χ1v) is 10.4. The van der Waals surface area contributed by atoms with Crippen molar-refractivity contribution in [3.05, 3.63) is 35.5 Å². The zero-order chi connectivity index (χ0) is 21.7. The van der Waals surface area contributed by atoms with E-state index in [-0.39, 0.29) is 18.4 Å². The van der Waals surface area contributed by atoms with Crippen molar-refractivity contribution in [2.75, 3.05) is 40.4 Å². The Kier molecular flexibility index (Phi) is 7.31. The molecule has 8 heteroatoms. The predicted molar refractivity (Wildman–Crippen MR) is 113 cm³/mol. The van der Waals surface area contributed by atoms with Gasteiger partial charge in [-0.2, -0.15) is 4.98 Å². The Bertz CT molecular complexity index is 851. The first-order valence-electron chi connectivity index (χ1n) is 10.4. The lowest BCUT2D eigenvalue weighted by Gasteiger charge is -2.30. The SMILES string of the molecule is COc1ccc(OC)c(CC(=O)N2CCCN(CC(C)C)C(c3nc(C)no3)C2)c1. The molecule has 1 saturated heterocycles. The molecule has 1 aliphatic rings. The van der Waals surface area contributed by atoms with Crippen molar-refractivity contribution in [3.8, 4) is 11.5 Å². The van der Waals surface area contributed by atoms with Crippen LogP contribution in [0.1, 0.15) is 43.6 Å². The minimum atomic E-state index is -0.104. The molecule has 1 atom stereocenters. The van der Waals surface area contributed by atoms with Crippen LogP contribution >= 0.6 is 0 Å². The number of methoxy groups -OCH3 is 2. The second kappa shape index (κ2) is 9.93. The number of aryl methyl sites for hydroxylation is 1. The molecule has 30 heavy (non-hydrogen) atoms. The first-order chi connectivity index (χ1) is 14.4. The van der Waals surface area contributed by atoms with Gasteiger partial charge in [-0.1, -0.05) is 19.0 Å². The lowest BCUT2D eigenvalue weighted by atomic mass is 10.1. The monoisotopic (exact) mass is 416 g/mol. The number of amides is 1. The largest absolute Gasteiger partial charge is 0.497 e. The maximum absolute atomic E-state index is 13.2. The fraction of sp³-hybridized carbons (Fsp3) is 0.591. The Labute approximate surface area is 178 Å². The van der Waals surface area contributed by atoms with E-state index < -0.39 is 0 Å². The van der Waals surface area contributed by atoms with E-state index in [0.29, 0.717) is 42.2 Å². The molecule has 0 spiro atoms. The first kappa shape index (κ1) is 22.1. The summed E-state index contributed by atoms with van der Waals surface area (Å²) >= 11 is 0. The van der Waals surface area contributed by atoms with Gasteiger partial charge in [0.25, 0.3) is 0 Å². The molecule has 2 heterocycles. The molecule has 1 fully saturated rings. The number of benzene rings is 1. The van der Waals surface area contributed by atoms with Crippen LogP contribution in [-0.4, -0.2) is 66.2 Å². The van der Waals surface area contributed by atoms with E-state index in [4.69, 9.17) is 14.0 Å². The molecule has 0 bridgehead atoms. The molecule has 3 rings (SSSR count). The van der Waals surface area contributed by atoms with Gasteiger partial charge in [0, 0.05) is 31.7 Å². The summed E-state index contributed by atoms with van der Waals surface area (Å²) in [7, 11) is 3.22. The fourth-order valence-corrected chi connectivity index (χ4v) is 3.93. The van der Waals surface area contributed by atoms with Gasteiger partial charge in [-0.3, -0.25) is 9.69 Å². The molecule has 2 aromatic rings. The molecule has 164 valence electrons. The zero-order valence-corrected chi connectivity index (χ0v) is 18.6. The zero-order valence-electron chi connectivity index (χ0n) is 18.6. The number of aromatic nitrogens is 2. The van der Waals surface area contributed by atoms with E-state index >= 15 is 0 Å². The summed E-state index contributed by atoms with van der Waals surface area (Å²) in [5, 5.41) is 3.97. The highest BCUT2D eigenvalue weighted by atomic mass is 16.5. The molecular formula is C22H32N4O4. The molecule has 1 aromatic heterocycles. The Balaban J connectivity index is 1.81. The number of hydrogen-bond donors (Lipinski definition) is 0. The summed E-state index contributed by atoms with van der Waals surface area (Å²) in [5.74, 6) is 3.12. The van der Waals surface area contributed by atoms with Crippen LogP contribution in [0.3, 0.4) is 0 Å². The molecule has 0 saturated carbocycles. The number of rotatable bonds is 7. The molecular weight excluding hydrogens is 384 g/mol. The fourth-order valence-electron chi connectivity index (χ4n) is 3.93. The molecule has 1 aliphatic heterocycles. The van der Waals surface area contributed by atoms with E-state index in [1.54, 1.807) is 14.2 Å². The van der Waals surface area contributed by atoms with E-state index in [1.807, 2.05) is 30.0 Å². The van der Waals surface area contributed by atoms with Crippen molar-refractivity contribution in [2.24, 2.45) is 5.92 Å². The van der Waals surface area contributed by atoms with Gasteiger partial charge in [0.05, 0.1) is 20.6 Å². The predicted octanol–water partition coefficient (Wildman–Crippen LogP) is 2.87. The van der Waals surface area contributed by atoms with Gasteiger partial charge in [0.15, 0.2) is 5.82 Å². The highest BCUT2D eigenvalue weighted by Crippen LogP contribution is 2.28. The third-order valence-corrected chi connectivity index (χ3v) is 5.32. The number of hydrogen-bond acceptors (Lipinski definition) is 7. The maximum Gasteiger partial charge on any atom is 0.245 e. The van der Waals surface area contributed by atoms with Gasteiger partial charge in [-0.15, -0.1) is 0 Å². The lowest BCUT2D eigenvalue weighted by Crippen LogP contribution is -2.39. The average molecular weight is 417 g/mol. The van der Waals surface area contributed by atoms with Crippen LogP contribution in [-0.2, 0) is 11.2 Å². The van der Waals surface area contributed by atoms with E-state index in [9.17, 15) is 4.79 Å². The van der Waals surface area contributed by atoms with E-state index in [2.05, 4.69) is 28.9 Å². The minimum Gasteiger partial charge on any atom is -0.497 e. The van der Waals surface area contributed by atoms with E-state index in [0.717, 1.165) is 25.1 Å². The van der Waals surface area contributed by atoms with Gasteiger partial charge < -0.3 is 18.9 Å². The highest BCUT2D eigenvalue weighted by Gasteiger charge is 2.32. The second-order valence-electron chi connectivity index (χ2n) is 8.13. The van der Waals surface area contributed by atoms with Gasteiger partial charge in [0.1, 0.15) is 17.5 Å². The van der Waals surface area contributed by atoms with Gasteiger partial charge in [0.2, 0.25) is 11.8 Å². The molecule has 0 aliphatic carbocycles. The third kappa shape index (κ3) is 5.30. The number of ether oxygens (including phenoxy) is 2. The summed E-state index contributed by atoms with van der Waals surface area (Å²) in [4.78, 5) is 22.0. The van der Waals surface area contributed by atoms with Gasteiger partial charge >= 0.3 is 0 Å². The number of nitrogens with zero attached hydrogens (tertiary/aromatic N) is 4. The van der Waals surface area contributed by atoms with Crippen LogP contribution < -0.4 is 9.47 Å². The average Bonchev–Trinajstić information content (AvgIpc) is 3.04. The maximum atomic E-state index is 13.2. The van der Waals surface area contributed by atoms with Crippen LogP contribution in [0, 0.1) is 12.8 Å². The summed E-state index contributed by atoms with van der Waals surface area (Å²) in [6.07, 6.45) is 1.15. The molecule has 1 amide bonds. The number of carbonyl (C=O) groups is 1. The normalized spacial score (nSPS) is 17.8. The van der Waals surface area contributed by atoms with Crippen LogP contribution in [0.2, 0.25) is 0 Å². The van der Waals surface area contributed by atoms with Crippen molar-refractivity contribution in [1.29, 1.82) is 0 Å². The highest BCUT2D eigenvalue weighted by molar-refractivity contribution is 5.79. The lowest BCUT2D eigenvalue weighted by molar-refractivity contribution is -0.131. The molecule has 0 radical (unpaired) electrons. The Morgan fingerprint density at radius 2 is 2.07 bits per heavy atom. The Morgan fingerprint density at radius 1 is 1.27 bits per heavy atom. The van der Waals surface area contributed by atoms with Crippen molar-refractivity contribution >= 4 is 5.91 Å². The van der Waals surface area contributed by atoms with Crippen molar-refractivity contribution in [1.82, 2.24) is 19.9 Å². The standard InChI is InChI=1S/C22H32N4O4/c1-15(2)13-25-9-6-10-26(14-19(25)22-23-16(3)24-30-22)21(27)12-17-11-18(28-4)7-8-20(17)29-5/h7-8,11,15,19H,6,9-10,12-14H2,1-5H3. The smallest absolute Gasteiger partial charge is 0.245 e. The van der Waals surface area contributed by atoms with Crippen LogP contribution in [0.4, 0.5) is 0 Å². The van der Waals surface area contributed by atoms with Gasteiger partial charge in [-0.05, 0) is 37.5 Å². The molecule has 8 nitrogen and oxygen atoms in total.